The second-order valence-electron chi connectivity index (χ2n) is 5.61. The molecule has 0 bridgehead atoms. The highest BCUT2D eigenvalue weighted by Gasteiger charge is 2.22. The van der Waals surface area contributed by atoms with Crippen molar-refractivity contribution in [2.75, 3.05) is 25.5 Å². The fourth-order valence-corrected chi connectivity index (χ4v) is 2.69. The fourth-order valence-electron chi connectivity index (χ4n) is 2.69. The Labute approximate surface area is 116 Å². The number of benzene rings is 1. The Morgan fingerprint density at radius 1 is 1.42 bits per heavy atom. The SMILES string of the molecule is CCOc1ccc(NC2CCN(C)C(C)C2)c(C)c1. The van der Waals surface area contributed by atoms with Gasteiger partial charge in [-0.1, -0.05) is 0 Å². The van der Waals surface area contributed by atoms with Crippen LogP contribution in [0.3, 0.4) is 0 Å². The smallest absolute Gasteiger partial charge is 0.119 e. The van der Waals surface area contributed by atoms with E-state index in [1.807, 2.05) is 6.92 Å². The molecule has 106 valence electrons. The normalized spacial score (nSPS) is 24.2. The summed E-state index contributed by atoms with van der Waals surface area (Å²) in [5, 5.41) is 3.69. The topological polar surface area (TPSA) is 24.5 Å². The molecule has 1 heterocycles. The first-order valence-corrected chi connectivity index (χ1v) is 7.30. The van der Waals surface area contributed by atoms with Crippen LogP contribution in [0, 0.1) is 6.92 Å². The van der Waals surface area contributed by atoms with Crippen LogP contribution in [-0.4, -0.2) is 37.2 Å². The predicted octanol–water partition coefficient (Wildman–Crippen LogP) is 3.29. The molecule has 0 spiro atoms. The van der Waals surface area contributed by atoms with Gasteiger partial charge in [-0.3, -0.25) is 0 Å². The van der Waals surface area contributed by atoms with Crippen molar-refractivity contribution in [3.05, 3.63) is 23.8 Å². The molecular formula is C16H26N2O. The van der Waals surface area contributed by atoms with E-state index in [0.717, 1.165) is 12.4 Å². The molecule has 0 radical (unpaired) electrons. The van der Waals surface area contributed by atoms with Crippen LogP contribution in [0.4, 0.5) is 5.69 Å². The summed E-state index contributed by atoms with van der Waals surface area (Å²) in [6.07, 6.45) is 2.43. The van der Waals surface area contributed by atoms with Crippen LogP contribution in [0.2, 0.25) is 0 Å². The number of nitrogens with zero attached hydrogens (tertiary/aromatic N) is 1. The lowest BCUT2D eigenvalue weighted by Gasteiger charge is -2.36. The van der Waals surface area contributed by atoms with Crippen LogP contribution in [0.25, 0.3) is 0 Å². The molecule has 0 aliphatic carbocycles. The average molecular weight is 262 g/mol. The van der Waals surface area contributed by atoms with E-state index >= 15 is 0 Å². The minimum Gasteiger partial charge on any atom is -0.494 e. The zero-order valence-corrected chi connectivity index (χ0v) is 12.6. The van der Waals surface area contributed by atoms with Crippen molar-refractivity contribution in [1.29, 1.82) is 0 Å². The van der Waals surface area contributed by atoms with Gasteiger partial charge in [-0.2, -0.15) is 0 Å². The summed E-state index contributed by atoms with van der Waals surface area (Å²) < 4.78 is 5.53. The molecule has 1 saturated heterocycles. The Morgan fingerprint density at radius 2 is 2.21 bits per heavy atom. The Balaban J connectivity index is 1.99. The van der Waals surface area contributed by atoms with E-state index < -0.39 is 0 Å². The van der Waals surface area contributed by atoms with E-state index in [1.54, 1.807) is 0 Å². The summed E-state index contributed by atoms with van der Waals surface area (Å²) >= 11 is 0. The molecule has 0 aromatic heterocycles. The minimum atomic E-state index is 0.586. The van der Waals surface area contributed by atoms with E-state index in [4.69, 9.17) is 4.74 Å². The number of anilines is 1. The predicted molar refractivity (Wildman–Crippen MR) is 81.1 cm³/mol. The molecule has 1 aromatic carbocycles. The monoisotopic (exact) mass is 262 g/mol. The molecule has 1 aliphatic rings. The third kappa shape index (κ3) is 3.63. The van der Waals surface area contributed by atoms with E-state index in [0.29, 0.717) is 12.1 Å². The Hall–Kier alpha value is -1.22. The highest BCUT2D eigenvalue weighted by molar-refractivity contribution is 5.54. The molecule has 3 nitrogen and oxygen atoms in total. The summed E-state index contributed by atoms with van der Waals surface area (Å²) in [7, 11) is 2.21. The lowest BCUT2D eigenvalue weighted by atomic mass is 9.98. The molecule has 1 fully saturated rings. The van der Waals surface area contributed by atoms with Crippen molar-refractivity contribution in [2.45, 2.75) is 45.7 Å². The number of nitrogens with one attached hydrogen (secondary N) is 1. The zero-order chi connectivity index (χ0) is 13.8. The largest absolute Gasteiger partial charge is 0.494 e. The molecule has 0 amide bonds. The Morgan fingerprint density at radius 3 is 2.84 bits per heavy atom. The van der Waals surface area contributed by atoms with Crippen LogP contribution in [0.15, 0.2) is 18.2 Å². The van der Waals surface area contributed by atoms with Crippen molar-refractivity contribution in [1.82, 2.24) is 4.90 Å². The highest BCUT2D eigenvalue weighted by atomic mass is 16.5. The number of likely N-dealkylation sites (tertiary alicyclic amines) is 1. The molecule has 3 heteroatoms. The van der Waals surface area contributed by atoms with Gasteiger partial charge in [-0.15, -0.1) is 0 Å². The molecule has 2 unspecified atom stereocenters. The number of hydrogen-bond acceptors (Lipinski definition) is 3. The number of ether oxygens (including phenoxy) is 1. The van der Waals surface area contributed by atoms with Crippen LogP contribution in [0.1, 0.15) is 32.3 Å². The van der Waals surface area contributed by atoms with Gasteiger partial charge in [-0.05, 0) is 64.4 Å². The summed E-state index contributed by atoms with van der Waals surface area (Å²) in [4.78, 5) is 2.43. The quantitative estimate of drug-likeness (QED) is 0.901. The Bertz CT molecular complexity index is 419. The van der Waals surface area contributed by atoms with E-state index in [-0.39, 0.29) is 0 Å². The van der Waals surface area contributed by atoms with Gasteiger partial charge in [0.05, 0.1) is 6.61 Å². The number of rotatable bonds is 4. The molecule has 1 aliphatic heterocycles. The molecular weight excluding hydrogens is 236 g/mol. The first-order chi connectivity index (χ1) is 9.10. The maximum absolute atomic E-state index is 5.53. The second kappa shape index (κ2) is 6.29. The summed E-state index contributed by atoms with van der Waals surface area (Å²) in [6.45, 7) is 8.36. The van der Waals surface area contributed by atoms with Gasteiger partial charge < -0.3 is 15.0 Å². The summed E-state index contributed by atoms with van der Waals surface area (Å²) in [5.74, 6) is 0.960. The van der Waals surface area contributed by atoms with Crippen LogP contribution >= 0.6 is 0 Å². The first kappa shape index (κ1) is 14.2. The van der Waals surface area contributed by atoms with Crippen molar-refractivity contribution >= 4 is 5.69 Å². The Kier molecular flexibility index (Phi) is 4.70. The lowest BCUT2D eigenvalue weighted by molar-refractivity contribution is 0.190. The number of aryl methyl sites for hydroxylation is 1. The maximum atomic E-state index is 5.53. The van der Waals surface area contributed by atoms with E-state index in [1.165, 1.54) is 30.6 Å². The lowest BCUT2D eigenvalue weighted by Crippen LogP contribution is -2.42. The van der Waals surface area contributed by atoms with Gasteiger partial charge in [0.25, 0.3) is 0 Å². The summed E-state index contributed by atoms with van der Waals surface area (Å²) in [6, 6.07) is 7.56. The third-order valence-corrected chi connectivity index (χ3v) is 4.08. The van der Waals surface area contributed by atoms with Gasteiger partial charge in [-0.25, -0.2) is 0 Å². The molecule has 1 aromatic rings. The first-order valence-electron chi connectivity index (χ1n) is 7.30. The molecule has 0 saturated carbocycles. The number of piperidine rings is 1. The van der Waals surface area contributed by atoms with Gasteiger partial charge in [0.15, 0.2) is 0 Å². The van der Waals surface area contributed by atoms with Crippen LogP contribution < -0.4 is 10.1 Å². The van der Waals surface area contributed by atoms with Crippen LogP contribution in [0.5, 0.6) is 5.75 Å². The minimum absolute atomic E-state index is 0.586. The molecule has 1 N–H and O–H groups in total. The van der Waals surface area contributed by atoms with Gasteiger partial charge in [0, 0.05) is 24.3 Å². The fraction of sp³-hybridized carbons (Fsp3) is 0.625. The number of hydrogen-bond donors (Lipinski definition) is 1. The summed E-state index contributed by atoms with van der Waals surface area (Å²) in [5.41, 5.74) is 2.50. The van der Waals surface area contributed by atoms with Crippen LogP contribution in [-0.2, 0) is 0 Å². The molecule has 2 rings (SSSR count). The van der Waals surface area contributed by atoms with Crippen molar-refractivity contribution < 1.29 is 4.74 Å². The van der Waals surface area contributed by atoms with Crippen molar-refractivity contribution in [2.24, 2.45) is 0 Å². The standard InChI is InChI=1S/C16H26N2O/c1-5-19-15-6-7-16(12(2)10-15)17-14-8-9-18(4)13(3)11-14/h6-7,10,13-14,17H,5,8-9,11H2,1-4H3. The third-order valence-electron chi connectivity index (χ3n) is 4.08. The second-order valence-corrected chi connectivity index (χ2v) is 5.61. The van der Waals surface area contributed by atoms with E-state index in [9.17, 15) is 0 Å². The maximum Gasteiger partial charge on any atom is 0.119 e. The zero-order valence-electron chi connectivity index (χ0n) is 12.6. The van der Waals surface area contributed by atoms with Gasteiger partial charge >= 0.3 is 0 Å². The average Bonchev–Trinajstić information content (AvgIpc) is 2.37. The molecule has 19 heavy (non-hydrogen) atoms. The van der Waals surface area contributed by atoms with E-state index in [2.05, 4.69) is 49.3 Å². The van der Waals surface area contributed by atoms with Crippen molar-refractivity contribution in [3.8, 4) is 5.75 Å². The van der Waals surface area contributed by atoms with Gasteiger partial charge in [0.2, 0.25) is 0 Å². The molecule has 2 atom stereocenters. The van der Waals surface area contributed by atoms with Gasteiger partial charge in [0.1, 0.15) is 5.75 Å². The van der Waals surface area contributed by atoms with Crippen molar-refractivity contribution in [3.63, 3.8) is 0 Å². The highest BCUT2D eigenvalue weighted by Crippen LogP contribution is 2.25.